The van der Waals surface area contributed by atoms with Crippen molar-refractivity contribution < 1.29 is 0 Å². The summed E-state index contributed by atoms with van der Waals surface area (Å²) in [5.41, 5.74) is 3.87. The van der Waals surface area contributed by atoms with Crippen LogP contribution in [0.3, 0.4) is 0 Å². The summed E-state index contributed by atoms with van der Waals surface area (Å²) >= 11 is 12.1. The lowest BCUT2D eigenvalue weighted by Gasteiger charge is -2.25. The molecule has 0 aliphatic heterocycles. The minimum atomic E-state index is 0.211. The first-order valence-electron chi connectivity index (χ1n) is 7.50. The van der Waals surface area contributed by atoms with E-state index in [9.17, 15) is 0 Å². The van der Waals surface area contributed by atoms with Gasteiger partial charge < -0.3 is 5.32 Å². The van der Waals surface area contributed by atoms with Gasteiger partial charge in [0, 0.05) is 34.4 Å². The number of nitrogens with zero attached hydrogens (tertiary/aromatic N) is 2. The van der Waals surface area contributed by atoms with Gasteiger partial charge in [-0.05, 0) is 63.2 Å². The van der Waals surface area contributed by atoms with Crippen LogP contribution < -0.4 is 10.3 Å². The summed E-state index contributed by atoms with van der Waals surface area (Å²) in [5.74, 6) is 0. The van der Waals surface area contributed by atoms with Gasteiger partial charge in [0.25, 0.3) is 0 Å². The molecule has 5 heteroatoms. The van der Waals surface area contributed by atoms with Crippen molar-refractivity contribution in [2.75, 3.05) is 17.4 Å². The molecule has 0 unspecified atom stereocenters. The molecule has 0 bridgehead atoms. The van der Waals surface area contributed by atoms with Gasteiger partial charge in [0.2, 0.25) is 0 Å². The molecule has 0 saturated carbocycles. The van der Waals surface area contributed by atoms with Gasteiger partial charge in [-0.1, -0.05) is 23.2 Å². The zero-order valence-electron chi connectivity index (χ0n) is 13.8. The molecule has 0 atom stereocenters. The van der Waals surface area contributed by atoms with Crippen LogP contribution in [0.15, 0.2) is 47.6 Å². The van der Waals surface area contributed by atoms with Gasteiger partial charge in [-0.15, -0.1) is 0 Å². The summed E-state index contributed by atoms with van der Waals surface area (Å²) in [6.45, 7) is 6.18. The van der Waals surface area contributed by atoms with Crippen molar-refractivity contribution in [3.8, 4) is 0 Å². The predicted octanol–water partition coefficient (Wildman–Crippen LogP) is 5.67. The molecule has 122 valence electrons. The Bertz CT molecular complexity index is 694. The highest BCUT2D eigenvalue weighted by molar-refractivity contribution is 6.31. The Morgan fingerprint density at radius 2 is 1.65 bits per heavy atom. The molecule has 0 aliphatic rings. The van der Waals surface area contributed by atoms with E-state index in [0.29, 0.717) is 10.0 Å². The van der Waals surface area contributed by atoms with Crippen LogP contribution in [0.2, 0.25) is 10.0 Å². The van der Waals surface area contributed by atoms with E-state index in [4.69, 9.17) is 28.3 Å². The lowest BCUT2D eigenvalue weighted by Crippen LogP contribution is -2.26. The fourth-order valence-electron chi connectivity index (χ4n) is 2.31. The topological polar surface area (TPSA) is 27.6 Å². The molecular weight excluding hydrogens is 329 g/mol. The Morgan fingerprint density at radius 1 is 1.04 bits per heavy atom. The van der Waals surface area contributed by atoms with E-state index in [-0.39, 0.29) is 6.04 Å². The van der Waals surface area contributed by atoms with E-state index in [1.54, 1.807) is 0 Å². The van der Waals surface area contributed by atoms with Crippen LogP contribution >= 0.6 is 23.2 Å². The minimum absolute atomic E-state index is 0.211. The van der Waals surface area contributed by atoms with Crippen molar-refractivity contribution in [3.05, 3.63) is 58.1 Å². The summed E-state index contributed by atoms with van der Waals surface area (Å²) in [6, 6.07) is 13.6. The molecule has 0 radical (unpaired) electrons. The van der Waals surface area contributed by atoms with Crippen LogP contribution in [0, 0.1) is 0 Å². The van der Waals surface area contributed by atoms with Crippen LogP contribution in [0.4, 0.5) is 11.4 Å². The minimum Gasteiger partial charge on any atom is -0.388 e. The molecule has 0 heterocycles. The molecule has 2 aromatic carbocycles. The molecule has 2 aromatic rings. The van der Waals surface area contributed by atoms with E-state index < -0.39 is 0 Å². The van der Waals surface area contributed by atoms with Crippen LogP contribution in [-0.2, 0) is 0 Å². The average molecular weight is 350 g/mol. The molecule has 0 aromatic heterocycles. The van der Waals surface area contributed by atoms with E-state index in [2.05, 4.69) is 19.2 Å². The Hall–Kier alpha value is -1.71. The lowest BCUT2D eigenvalue weighted by molar-refractivity contribution is 0.713. The highest BCUT2D eigenvalue weighted by Gasteiger charge is 2.12. The van der Waals surface area contributed by atoms with Crippen LogP contribution in [0.1, 0.15) is 26.3 Å². The molecule has 0 amide bonds. The Morgan fingerprint density at radius 3 is 2.22 bits per heavy atom. The van der Waals surface area contributed by atoms with Crippen molar-refractivity contribution in [1.82, 2.24) is 0 Å². The number of hydrogen-bond acceptors (Lipinski definition) is 3. The number of benzene rings is 2. The van der Waals surface area contributed by atoms with Gasteiger partial charge in [0.05, 0.1) is 11.4 Å². The second-order valence-electron chi connectivity index (χ2n) is 5.54. The van der Waals surface area contributed by atoms with Crippen molar-refractivity contribution in [2.24, 2.45) is 5.10 Å². The molecule has 3 nitrogen and oxygen atoms in total. The average Bonchev–Trinajstić information content (AvgIpc) is 2.53. The lowest BCUT2D eigenvalue weighted by atomic mass is 10.1. The smallest absolute Gasteiger partial charge is 0.0672 e. The monoisotopic (exact) mass is 349 g/mol. The summed E-state index contributed by atoms with van der Waals surface area (Å²) in [4.78, 5) is 0. The van der Waals surface area contributed by atoms with Gasteiger partial charge >= 0.3 is 0 Å². The highest BCUT2D eigenvalue weighted by atomic mass is 35.5. The van der Waals surface area contributed by atoms with Gasteiger partial charge in [0.1, 0.15) is 0 Å². The number of nitrogens with one attached hydrogen (secondary N) is 1. The fraction of sp³-hybridized carbons (Fsp3) is 0.278. The zero-order valence-corrected chi connectivity index (χ0v) is 15.3. The van der Waals surface area contributed by atoms with Gasteiger partial charge in [-0.2, -0.15) is 5.10 Å². The SMILES string of the molecule is CNc1ccc(Cl)cc1/C(C)=N/N(c1ccc(Cl)cc1)C(C)C. The summed E-state index contributed by atoms with van der Waals surface area (Å²) in [7, 11) is 1.89. The van der Waals surface area contributed by atoms with Crippen LogP contribution in [0.5, 0.6) is 0 Å². The summed E-state index contributed by atoms with van der Waals surface area (Å²) in [5, 5.41) is 11.4. The highest BCUT2D eigenvalue weighted by Crippen LogP contribution is 2.24. The molecular formula is C18H21Cl2N3. The number of rotatable bonds is 5. The number of halogens is 2. The van der Waals surface area contributed by atoms with Crippen molar-refractivity contribution in [3.63, 3.8) is 0 Å². The Balaban J connectivity index is 2.43. The molecule has 1 N–H and O–H groups in total. The predicted molar refractivity (Wildman–Crippen MR) is 102 cm³/mol. The van der Waals surface area contributed by atoms with E-state index in [1.165, 1.54) is 0 Å². The summed E-state index contributed by atoms with van der Waals surface area (Å²) in [6.07, 6.45) is 0. The number of hydrazone groups is 1. The largest absolute Gasteiger partial charge is 0.388 e. The maximum atomic E-state index is 6.14. The second-order valence-corrected chi connectivity index (χ2v) is 6.41. The quantitative estimate of drug-likeness (QED) is 0.555. The van der Waals surface area contributed by atoms with Gasteiger partial charge in [-0.25, -0.2) is 0 Å². The first kappa shape index (κ1) is 17.6. The Labute approximate surface area is 147 Å². The van der Waals surface area contributed by atoms with Crippen LogP contribution in [0.25, 0.3) is 0 Å². The zero-order chi connectivity index (χ0) is 17.0. The third kappa shape index (κ3) is 4.40. The maximum absolute atomic E-state index is 6.14. The molecule has 2 rings (SSSR count). The molecule has 0 saturated heterocycles. The van der Waals surface area contributed by atoms with E-state index >= 15 is 0 Å². The van der Waals surface area contributed by atoms with Gasteiger partial charge in [-0.3, -0.25) is 5.01 Å². The van der Waals surface area contributed by atoms with Crippen LogP contribution in [-0.4, -0.2) is 18.8 Å². The van der Waals surface area contributed by atoms with Crippen molar-refractivity contribution in [1.29, 1.82) is 0 Å². The molecule has 0 fully saturated rings. The first-order valence-corrected chi connectivity index (χ1v) is 8.25. The molecule has 0 aliphatic carbocycles. The van der Waals surface area contributed by atoms with Crippen molar-refractivity contribution >= 4 is 40.3 Å². The standard InChI is InChI=1S/C18H21Cl2N3/c1-12(2)23(16-8-5-14(19)6-9-16)22-13(3)17-11-15(20)7-10-18(17)21-4/h5-12,21H,1-4H3/b22-13+. The normalized spacial score (nSPS) is 11.7. The first-order chi connectivity index (χ1) is 10.9. The van der Waals surface area contributed by atoms with E-state index in [0.717, 1.165) is 22.6 Å². The van der Waals surface area contributed by atoms with Crippen molar-refractivity contribution in [2.45, 2.75) is 26.8 Å². The second kappa shape index (κ2) is 7.71. The summed E-state index contributed by atoms with van der Waals surface area (Å²) < 4.78 is 0. The third-order valence-corrected chi connectivity index (χ3v) is 3.97. The number of hydrogen-bond donors (Lipinski definition) is 1. The molecule has 23 heavy (non-hydrogen) atoms. The number of anilines is 2. The maximum Gasteiger partial charge on any atom is 0.0672 e. The van der Waals surface area contributed by atoms with Gasteiger partial charge in [0.15, 0.2) is 0 Å². The van der Waals surface area contributed by atoms with E-state index in [1.807, 2.05) is 61.4 Å². The molecule has 0 spiro atoms. The fourth-order valence-corrected chi connectivity index (χ4v) is 2.61. The Kier molecular flexibility index (Phi) is 5.91. The third-order valence-electron chi connectivity index (χ3n) is 3.48.